The van der Waals surface area contributed by atoms with Crippen molar-refractivity contribution in [1.82, 2.24) is 0 Å². The molecular weight excluding hydrogens is 1010 g/mol. The molecule has 0 aromatic heterocycles. The lowest BCUT2D eigenvalue weighted by atomic mass is 10.0. The highest BCUT2D eigenvalue weighted by Crippen LogP contribution is 2.19. The van der Waals surface area contributed by atoms with Crippen LogP contribution in [-0.2, 0) is 28.6 Å². The number of unbranched alkanes of at least 4 members (excludes halogenated alkanes) is 52. The first kappa shape index (κ1) is 79.6. The summed E-state index contributed by atoms with van der Waals surface area (Å²) < 4.78 is 17.0. The molecule has 0 fully saturated rings. The van der Waals surface area contributed by atoms with Crippen molar-refractivity contribution < 1.29 is 28.6 Å². The molecule has 0 bridgehead atoms. The summed E-state index contributed by atoms with van der Waals surface area (Å²) in [5, 5.41) is 0. The largest absolute Gasteiger partial charge is 0.462 e. The molecule has 0 spiro atoms. The Bertz CT molecular complexity index is 1370. The first-order valence-electron chi connectivity index (χ1n) is 37.0. The van der Waals surface area contributed by atoms with Crippen LogP contribution in [0.2, 0.25) is 0 Å². The van der Waals surface area contributed by atoms with Crippen LogP contribution in [0, 0.1) is 0 Å². The average Bonchev–Trinajstić information content (AvgIpc) is 3.48. The number of rotatable bonds is 69. The van der Waals surface area contributed by atoms with Gasteiger partial charge in [-0.3, -0.25) is 14.4 Å². The van der Waals surface area contributed by atoms with Gasteiger partial charge < -0.3 is 14.2 Å². The Kier molecular flexibility index (Phi) is 69.1. The molecule has 1 atom stereocenters. The topological polar surface area (TPSA) is 78.9 Å². The predicted molar refractivity (Wildman–Crippen MR) is 358 cm³/mol. The van der Waals surface area contributed by atoms with Crippen molar-refractivity contribution >= 4 is 17.9 Å². The number of esters is 3. The van der Waals surface area contributed by atoms with Crippen LogP contribution in [0.3, 0.4) is 0 Å². The van der Waals surface area contributed by atoms with E-state index in [1.54, 1.807) is 0 Å². The van der Waals surface area contributed by atoms with E-state index >= 15 is 0 Å². The average molecular weight is 1150 g/mol. The molecule has 0 aliphatic heterocycles. The normalized spacial score (nSPS) is 12.2. The van der Waals surface area contributed by atoms with E-state index in [1.165, 1.54) is 295 Å². The van der Waals surface area contributed by atoms with Crippen LogP contribution in [0.5, 0.6) is 0 Å². The molecule has 0 rings (SSSR count). The Hall–Kier alpha value is -2.37. The van der Waals surface area contributed by atoms with Crippen molar-refractivity contribution in [3.05, 3.63) is 36.5 Å². The second-order valence-electron chi connectivity index (χ2n) is 25.2. The summed E-state index contributed by atoms with van der Waals surface area (Å²) in [6.45, 7) is 6.69. The van der Waals surface area contributed by atoms with E-state index in [2.05, 4.69) is 57.2 Å². The van der Waals surface area contributed by atoms with Crippen LogP contribution in [0.1, 0.15) is 412 Å². The molecule has 82 heavy (non-hydrogen) atoms. The van der Waals surface area contributed by atoms with Gasteiger partial charge in [0.1, 0.15) is 13.2 Å². The lowest BCUT2D eigenvalue weighted by Crippen LogP contribution is -2.30. The quantitative estimate of drug-likeness (QED) is 0.0261. The van der Waals surface area contributed by atoms with Crippen LogP contribution in [0.15, 0.2) is 36.5 Å². The smallest absolute Gasteiger partial charge is 0.306 e. The van der Waals surface area contributed by atoms with Crippen molar-refractivity contribution in [3.63, 3.8) is 0 Å². The molecule has 0 N–H and O–H groups in total. The molecule has 0 heterocycles. The molecule has 0 amide bonds. The number of hydrogen-bond donors (Lipinski definition) is 0. The fourth-order valence-electron chi connectivity index (χ4n) is 11.3. The number of allylic oxidation sites excluding steroid dienone is 6. The van der Waals surface area contributed by atoms with Gasteiger partial charge in [-0.2, -0.15) is 0 Å². The minimum absolute atomic E-state index is 0.0695. The Labute approximate surface area is 512 Å². The maximum absolute atomic E-state index is 12.9. The van der Waals surface area contributed by atoms with Gasteiger partial charge in [-0.15, -0.1) is 0 Å². The van der Waals surface area contributed by atoms with E-state index in [1.807, 2.05) is 0 Å². The van der Waals surface area contributed by atoms with Gasteiger partial charge >= 0.3 is 17.9 Å². The Balaban J connectivity index is 4.14. The van der Waals surface area contributed by atoms with Crippen molar-refractivity contribution in [2.75, 3.05) is 13.2 Å². The second kappa shape index (κ2) is 71.1. The lowest BCUT2D eigenvalue weighted by molar-refractivity contribution is -0.167. The van der Waals surface area contributed by atoms with Gasteiger partial charge in [0.2, 0.25) is 0 Å². The molecule has 0 aromatic carbocycles. The monoisotopic (exact) mass is 1150 g/mol. The summed E-state index contributed by atoms with van der Waals surface area (Å²) in [5.41, 5.74) is 0. The predicted octanol–water partition coefficient (Wildman–Crippen LogP) is 25.5. The van der Waals surface area contributed by atoms with Gasteiger partial charge in [0, 0.05) is 19.3 Å². The molecule has 0 aromatic rings. The summed E-state index contributed by atoms with van der Waals surface area (Å²) in [6, 6.07) is 0. The van der Waals surface area contributed by atoms with Crippen molar-refractivity contribution in [2.45, 2.75) is 419 Å². The standard InChI is InChI=1S/C76H142O6/c1-4-7-10-13-16-19-22-24-26-28-30-32-34-35-36-37-38-39-40-42-43-45-47-49-51-54-57-60-63-66-69-75(78)81-72-73(71-80-74(77)68-65-62-59-56-53-21-18-15-12-9-6-3)82-76(79)70-67-64-61-58-55-52-50-48-46-44-41-33-31-29-27-25-23-20-17-14-11-8-5-2/h23,25,29,31,41,44,73H,4-22,24,26-28,30,32-40,42-43,45-72H2,1-3H3/b25-23-,31-29-,44-41-. The molecule has 6 nitrogen and oxygen atoms in total. The third-order valence-corrected chi connectivity index (χ3v) is 16.9. The first-order chi connectivity index (χ1) is 40.5. The van der Waals surface area contributed by atoms with Gasteiger partial charge in [0.15, 0.2) is 6.10 Å². The van der Waals surface area contributed by atoms with E-state index in [9.17, 15) is 14.4 Å². The minimum atomic E-state index is -0.774. The Morgan fingerprint density at radius 3 is 0.683 bits per heavy atom. The van der Waals surface area contributed by atoms with E-state index in [4.69, 9.17) is 14.2 Å². The zero-order valence-corrected chi connectivity index (χ0v) is 55.5. The summed E-state index contributed by atoms with van der Waals surface area (Å²) in [6.07, 6.45) is 89.1. The lowest BCUT2D eigenvalue weighted by Gasteiger charge is -2.18. The molecule has 0 aliphatic carbocycles. The molecule has 6 heteroatoms. The summed E-state index contributed by atoms with van der Waals surface area (Å²) in [4.78, 5) is 38.4. The molecule has 0 saturated carbocycles. The molecule has 1 unspecified atom stereocenters. The highest BCUT2D eigenvalue weighted by Gasteiger charge is 2.20. The highest BCUT2D eigenvalue weighted by atomic mass is 16.6. The van der Waals surface area contributed by atoms with Gasteiger partial charge in [-0.25, -0.2) is 0 Å². The summed E-state index contributed by atoms with van der Waals surface area (Å²) >= 11 is 0. The fourth-order valence-corrected chi connectivity index (χ4v) is 11.3. The Morgan fingerprint density at radius 2 is 0.439 bits per heavy atom. The van der Waals surface area contributed by atoms with E-state index < -0.39 is 6.10 Å². The van der Waals surface area contributed by atoms with Crippen molar-refractivity contribution in [3.8, 4) is 0 Å². The second-order valence-corrected chi connectivity index (χ2v) is 25.2. The summed E-state index contributed by atoms with van der Waals surface area (Å²) in [7, 11) is 0. The highest BCUT2D eigenvalue weighted by molar-refractivity contribution is 5.71. The molecule has 482 valence electrons. The third kappa shape index (κ3) is 68.4. The molecular formula is C76H142O6. The molecule has 0 radical (unpaired) electrons. The van der Waals surface area contributed by atoms with Crippen molar-refractivity contribution in [1.29, 1.82) is 0 Å². The SMILES string of the molecule is CCCCCCC/C=C\C/C=C\C/C=C\CCCCCCCCCCC(=O)OC(COC(=O)CCCCCCCCCCCCC)COC(=O)CCCCCCCCCCCCCCCCCCCCCCCCCCCCCCCC. The number of hydrogen-bond acceptors (Lipinski definition) is 6. The fraction of sp³-hybridized carbons (Fsp3) is 0.882. The third-order valence-electron chi connectivity index (χ3n) is 16.9. The van der Waals surface area contributed by atoms with Crippen LogP contribution in [0.25, 0.3) is 0 Å². The number of carbonyl (C=O) groups excluding carboxylic acids is 3. The molecule has 0 saturated heterocycles. The van der Waals surface area contributed by atoms with Crippen molar-refractivity contribution in [2.24, 2.45) is 0 Å². The number of carbonyl (C=O) groups is 3. The van der Waals surface area contributed by atoms with E-state index in [0.717, 1.165) is 77.0 Å². The maximum atomic E-state index is 12.9. The molecule has 0 aliphatic rings. The van der Waals surface area contributed by atoms with Gasteiger partial charge in [0.05, 0.1) is 0 Å². The minimum Gasteiger partial charge on any atom is -0.462 e. The number of ether oxygens (including phenoxy) is 3. The van der Waals surface area contributed by atoms with Crippen LogP contribution in [-0.4, -0.2) is 37.2 Å². The van der Waals surface area contributed by atoms with Crippen LogP contribution < -0.4 is 0 Å². The van der Waals surface area contributed by atoms with E-state index in [0.29, 0.717) is 19.3 Å². The zero-order chi connectivity index (χ0) is 59.2. The van der Waals surface area contributed by atoms with Gasteiger partial charge in [-0.05, 0) is 57.8 Å². The maximum Gasteiger partial charge on any atom is 0.306 e. The van der Waals surface area contributed by atoms with Gasteiger partial charge in [-0.1, -0.05) is 372 Å². The summed E-state index contributed by atoms with van der Waals surface area (Å²) in [5.74, 6) is -0.848. The van der Waals surface area contributed by atoms with Crippen LogP contribution in [0.4, 0.5) is 0 Å². The van der Waals surface area contributed by atoms with Crippen LogP contribution >= 0.6 is 0 Å². The first-order valence-corrected chi connectivity index (χ1v) is 37.0. The van der Waals surface area contributed by atoms with E-state index in [-0.39, 0.29) is 31.1 Å². The Morgan fingerprint density at radius 1 is 0.244 bits per heavy atom. The van der Waals surface area contributed by atoms with Gasteiger partial charge in [0.25, 0.3) is 0 Å². The zero-order valence-electron chi connectivity index (χ0n) is 55.5.